The van der Waals surface area contributed by atoms with Crippen LogP contribution in [0.2, 0.25) is 0 Å². The maximum Gasteiger partial charge on any atom is 0.279 e. The summed E-state index contributed by atoms with van der Waals surface area (Å²) in [5.74, 6) is 1.64. The van der Waals surface area contributed by atoms with Gasteiger partial charge in [-0.05, 0) is 35.9 Å². The van der Waals surface area contributed by atoms with E-state index in [1.165, 1.54) is 12.1 Å². The van der Waals surface area contributed by atoms with E-state index in [1.54, 1.807) is 19.2 Å². The van der Waals surface area contributed by atoms with Crippen molar-refractivity contribution in [2.24, 2.45) is 0 Å². The molecule has 8 heteroatoms. The summed E-state index contributed by atoms with van der Waals surface area (Å²) in [7, 11) is 1.62. The quantitative estimate of drug-likeness (QED) is 0.325. The van der Waals surface area contributed by atoms with Gasteiger partial charge in [0.25, 0.3) is 17.2 Å². The standard InChI is InChI=1S/C21H20N3O4.BrH/c1-28-19-11-5-16(6-12-19)14-23-20-4-2-3-13-22(20)15-21(23,25)17-7-9-18(10-8-17)24(26)27;/h2-13,25H,14-15H2,1H3;1H/q+1;/p-1. The van der Waals surface area contributed by atoms with Crippen molar-refractivity contribution in [2.45, 2.75) is 18.8 Å². The minimum atomic E-state index is -1.32. The van der Waals surface area contributed by atoms with Crippen LogP contribution in [0.5, 0.6) is 5.75 Å². The third-order valence-corrected chi connectivity index (χ3v) is 5.07. The minimum Gasteiger partial charge on any atom is -1.00 e. The van der Waals surface area contributed by atoms with Crippen LogP contribution in [0.4, 0.5) is 11.5 Å². The topological polar surface area (TPSA) is 79.7 Å². The number of fused-ring (bicyclic) bond motifs is 1. The molecule has 0 aliphatic carbocycles. The van der Waals surface area contributed by atoms with Gasteiger partial charge in [-0.25, -0.2) is 9.47 Å². The molecule has 150 valence electrons. The Kier molecular flexibility index (Phi) is 5.86. The lowest BCUT2D eigenvalue weighted by atomic mass is 10.0. The predicted octanol–water partition coefficient (Wildman–Crippen LogP) is -0.240. The number of halogens is 1. The van der Waals surface area contributed by atoms with Crippen LogP contribution in [0, 0.1) is 10.1 Å². The maximum atomic E-state index is 11.6. The average Bonchev–Trinajstić information content (AvgIpc) is 3.01. The van der Waals surface area contributed by atoms with Crippen LogP contribution in [0.15, 0.2) is 72.9 Å². The number of anilines is 1. The number of hydrogen-bond acceptors (Lipinski definition) is 5. The Morgan fingerprint density at radius 2 is 1.83 bits per heavy atom. The molecule has 1 aliphatic rings. The molecule has 3 aromatic rings. The molecule has 1 aromatic heterocycles. The first-order valence-electron chi connectivity index (χ1n) is 8.87. The molecular formula is C21H20BrN3O4. The second kappa shape index (κ2) is 8.18. The zero-order chi connectivity index (χ0) is 19.7. The second-order valence-electron chi connectivity index (χ2n) is 6.74. The van der Waals surface area contributed by atoms with E-state index in [0.717, 1.165) is 17.1 Å². The van der Waals surface area contributed by atoms with Gasteiger partial charge in [0.1, 0.15) is 12.3 Å². The normalized spacial score (nSPS) is 17.4. The Hall–Kier alpha value is -2.97. The number of aromatic nitrogens is 1. The predicted molar refractivity (Wildman–Crippen MR) is 103 cm³/mol. The van der Waals surface area contributed by atoms with Gasteiger partial charge in [-0.3, -0.25) is 10.1 Å². The smallest absolute Gasteiger partial charge is 0.279 e. The summed E-state index contributed by atoms with van der Waals surface area (Å²) < 4.78 is 7.19. The van der Waals surface area contributed by atoms with Crippen LogP contribution >= 0.6 is 0 Å². The monoisotopic (exact) mass is 457 g/mol. The van der Waals surface area contributed by atoms with E-state index in [-0.39, 0.29) is 22.7 Å². The number of nitro benzene ring substituents is 1. The number of rotatable bonds is 5. The molecule has 2 aromatic carbocycles. The summed E-state index contributed by atoms with van der Waals surface area (Å²) in [5, 5.41) is 22.6. The largest absolute Gasteiger partial charge is 1.00 e. The molecule has 0 fully saturated rings. The molecule has 0 amide bonds. The molecule has 1 aliphatic heterocycles. The summed E-state index contributed by atoms with van der Waals surface area (Å²) in [6.45, 7) is 0.804. The molecular weight excluding hydrogens is 438 g/mol. The Labute approximate surface area is 178 Å². The first-order valence-corrected chi connectivity index (χ1v) is 8.87. The summed E-state index contributed by atoms with van der Waals surface area (Å²) in [5.41, 5.74) is 0.301. The van der Waals surface area contributed by atoms with Gasteiger partial charge in [-0.1, -0.05) is 18.2 Å². The zero-order valence-corrected chi connectivity index (χ0v) is 17.3. The van der Waals surface area contributed by atoms with Crippen molar-refractivity contribution in [3.8, 4) is 5.75 Å². The van der Waals surface area contributed by atoms with E-state index in [9.17, 15) is 15.2 Å². The van der Waals surface area contributed by atoms with Crippen molar-refractivity contribution in [1.29, 1.82) is 0 Å². The van der Waals surface area contributed by atoms with Gasteiger partial charge in [-0.15, -0.1) is 0 Å². The Morgan fingerprint density at radius 3 is 2.45 bits per heavy atom. The molecule has 4 rings (SSSR count). The second-order valence-corrected chi connectivity index (χ2v) is 6.74. The number of ether oxygens (including phenoxy) is 1. The Morgan fingerprint density at radius 1 is 1.14 bits per heavy atom. The number of nitro groups is 1. The highest BCUT2D eigenvalue weighted by Crippen LogP contribution is 2.36. The number of non-ortho nitro benzene ring substituents is 1. The lowest BCUT2D eigenvalue weighted by molar-refractivity contribution is -0.683. The van der Waals surface area contributed by atoms with Crippen molar-refractivity contribution >= 4 is 11.5 Å². The first-order chi connectivity index (χ1) is 13.5. The molecule has 0 saturated heterocycles. The van der Waals surface area contributed by atoms with E-state index in [0.29, 0.717) is 18.7 Å². The summed E-state index contributed by atoms with van der Waals surface area (Å²) in [6, 6.07) is 19.6. The number of methoxy groups -OCH3 is 1. The molecule has 1 N–H and O–H groups in total. The number of hydrogen-bond donors (Lipinski definition) is 1. The zero-order valence-electron chi connectivity index (χ0n) is 15.7. The molecule has 0 spiro atoms. The lowest BCUT2D eigenvalue weighted by Gasteiger charge is -2.27. The molecule has 0 radical (unpaired) electrons. The number of benzene rings is 2. The van der Waals surface area contributed by atoms with Crippen LogP contribution in [0.25, 0.3) is 0 Å². The van der Waals surface area contributed by atoms with Gasteiger partial charge in [-0.2, -0.15) is 0 Å². The van der Waals surface area contributed by atoms with Gasteiger partial charge >= 0.3 is 0 Å². The van der Waals surface area contributed by atoms with Gasteiger partial charge in [0.2, 0.25) is 0 Å². The van der Waals surface area contributed by atoms with Gasteiger partial charge in [0, 0.05) is 23.8 Å². The van der Waals surface area contributed by atoms with Crippen LogP contribution in [-0.4, -0.2) is 17.1 Å². The SMILES string of the molecule is COc1ccc(CN2c3cccc[n+]3CC2(O)c2ccc([N+](=O)[O-])cc2)cc1.[Br-]. The van der Waals surface area contributed by atoms with E-state index < -0.39 is 10.6 Å². The van der Waals surface area contributed by atoms with Crippen molar-refractivity contribution in [3.63, 3.8) is 0 Å². The molecule has 2 heterocycles. The number of nitrogens with zero attached hydrogens (tertiary/aromatic N) is 3. The highest BCUT2D eigenvalue weighted by Gasteiger charge is 2.51. The van der Waals surface area contributed by atoms with Gasteiger partial charge < -0.3 is 26.8 Å². The maximum absolute atomic E-state index is 11.6. The van der Waals surface area contributed by atoms with Crippen molar-refractivity contribution in [3.05, 3.63) is 94.2 Å². The van der Waals surface area contributed by atoms with Gasteiger partial charge in [0.15, 0.2) is 6.54 Å². The van der Waals surface area contributed by atoms with Crippen molar-refractivity contribution in [1.82, 2.24) is 0 Å². The summed E-state index contributed by atoms with van der Waals surface area (Å²) in [4.78, 5) is 12.4. The molecule has 1 unspecified atom stereocenters. The first kappa shape index (κ1) is 20.8. The molecule has 7 nitrogen and oxygen atoms in total. The van der Waals surface area contributed by atoms with E-state index in [4.69, 9.17) is 4.74 Å². The third-order valence-electron chi connectivity index (χ3n) is 5.07. The molecule has 0 saturated carbocycles. The van der Waals surface area contributed by atoms with E-state index >= 15 is 0 Å². The summed E-state index contributed by atoms with van der Waals surface area (Å²) in [6.07, 6.45) is 1.92. The molecule has 0 bridgehead atoms. The van der Waals surface area contributed by atoms with E-state index in [1.807, 2.05) is 58.1 Å². The number of pyridine rings is 1. The fraction of sp³-hybridized carbons (Fsp3) is 0.190. The fourth-order valence-electron chi connectivity index (χ4n) is 3.58. The van der Waals surface area contributed by atoms with Gasteiger partial charge in [0.05, 0.1) is 18.2 Å². The van der Waals surface area contributed by atoms with Crippen molar-refractivity contribution in [2.75, 3.05) is 12.0 Å². The Balaban J connectivity index is 0.00000240. The average molecular weight is 458 g/mol. The fourth-order valence-corrected chi connectivity index (χ4v) is 3.58. The number of aliphatic hydroxyl groups is 1. The van der Waals surface area contributed by atoms with Crippen molar-refractivity contribution < 1.29 is 36.3 Å². The van der Waals surface area contributed by atoms with E-state index in [2.05, 4.69) is 0 Å². The Bertz CT molecular complexity index is 1010. The van der Waals surface area contributed by atoms with Crippen LogP contribution in [0.3, 0.4) is 0 Å². The highest BCUT2D eigenvalue weighted by atomic mass is 79.9. The molecule has 1 atom stereocenters. The van der Waals surface area contributed by atoms with Crippen LogP contribution in [-0.2, 0) is 18.8 Å². The highest BCUT2D eigenvalue weighted by molar-refractivity contribution is 5.46. The van der Waals surface area contributed by atoms with Crippen LogP contribution in [0.1, 0.15) is 11.1 Å². The summed E-state index contributed by atoms with van der Waals surface area (Å²) >= 11 is 0. The molecule has 29 heavy (non-hydrogen) atoms. The minimum absolute atomic E-state index is 0. The third kappa shape index (κ3) is 3.81. The lowest BCUT2D eigenvalue weighted by Crippen LogP contribution is -3.00. The van der Waals surface area contributed by atoms with Crippen LogP contribution < -0.4 is 31.2 Å².